The highest BCUT2D eigenvalue weighted by atomic mass is 16.6. The van der Waals surface area contributed by atoms with Crippen molar-refractivity contribution in [3.63, 3.8) is 0 Å². The first-order chi connectivity index (χ1) is 7.20. The van der Waals surface area contributed by atoms with Gasteiger partial charge < -0.3 is 14.6 Å². The molecule has 0 amide bonds. The molecule has 1 aromatic rings. The molecule has 4 nitrogen and oxygen atoms in total. The number of aliphatic hydroxyl groups is 1. The van der Waals surface area contributed by atoms with Crippen molar-refractivity contribution >= 4 is 5.78 Å². The second-order valence-corrected chi connectivity index (χ2v) is 3.45. The Balaban J connectivity index is 2.28. The first-order valence-corrected chi connectivity index (χ1v) is 4.76. The van der Waals surface area contributed by atoms with Gasteiger partial charge in [0.1, 0.15) is 6.61 Å². The molecule has 0 fully saturated rings. The number of carbonyl (C=O) groups is 1. The fraction of sp³-hybridized carbons (Fsp3) is 0.364. The van der Waals surface area contributed by atoms with Gasteiger partial charge in [0, 0.05) is 5.56 Å². The smallest absolute Gasteiger partial charge is 0.162 e. The van der Waals surface area contributed by atoms with Gasteiger partial charge in [-0.1, -0.05) is 0 Å². The molecule has 0 aliphatic carbocycles. The van der Waals surface area contributed by atoms with Crippen molar-refractivity contribution in [2.45, 2.75) is 13.0 Å². The van der Waals surface area contributed by atoms with Crippen LogP contribution in [0.2, 0.25) is 0 Å². The van der Waals surface area contributed by atoms with Gasteiger partial charge in [-0.25, -0.2) is 0 Å². The SMILES string of the molecule is CC(=O)c1ccc2c(c1)OCC(CO)O2. The zero-order chi connectivity index (χ0) is 10.8. The van der Waals surface area contributed by atoms with Crippen molar-refractivity contribution < 1.29 is 19.4 Å². The molecule has 1 aliphatic rings. The molecule has 1 N–H and O–H groups in total. The number of hydrogen-bond acceptors (Lipinski definition) is 4. The van der Waals surface area contributed by atoms with Gasteiger partial charge in [0.25, 0.3) is 0 Å². The van der Waals surface area contributed by atoms with Crippen molar-refractivity contribution in [2.24, 2.45) is 0 Å². The van der Waals surface area contributed by atoms with Gasteiger partial charge in [0.2, 0.25) is 0 Å². The average Bonchev–Trinajstić information content (AvgIpc) is 2.27. The Morgan fingerprint density at radius 1 is 1.53 bits per heavy atom. The summed E-state index contributed by atoms with van der Waals surface area (Å²) in [5.41, 5.74) is 0.597. The maximum atomic E-state index is 11.1. The van der Waals surface area contributed by atoms with Crippen molar-refractivity contribution in [1.82, 2.24) is 0 Å². The van der Waals surface area contributed by atoms with E-state index in [9.17, 15) is 4.79 Å². The number of ketones is 1. The van der Waals surface area contributed by atoms with Gasteiger partial charge in [-0.2, -0.15) is 0 Å². The molecule has 1 aliphatic heterocycles. The lowest BCUT2D eigenvalue weighted by molar-refractivity contribution is 0.0455. The number of rotatable bonds is 2. The summed E-state index contributed by atoms with van der Waals surface area (Å²) in [6.07, 6.45) is -0.319. The minimum Gasteiger partial charge on any atom is -0.486 e. The highest BCUT2D eigenvalue weighted by molar-refractivity contribution is 5.94. The monoisotopic (exact) mass is 208 g/mol. The number of ether oxygens (including phenoxy) is 2. The molecular formula is C11H12O4. The molecule has 1 atom stereocenters. The number of benzene rings is 1. The Bertz CT molecular complexity index is 386. The van der Waals surface area contributed by atoms with Gasteiger partial charge in [0.05, 0.1) is 6.61 Å². The van der Waals surface area contributed by atoms with E-state index < -0.39 is 0 Å². The molecule has 0 saturated carbocycles. The molecule has 0 saturated heterocycles. The molecular weight excluding hydrogens is 196 g/mol. The summed E-state index contributed by atoms with van der Waals surface area (Å²) < 4.78 is 10.8. The Labute approximate surface area is 87.4 Å². The first kappa shape index (κ1) is 9.98. The van der Waals surface area contributed by atoms with Crippen LogP contribution in [0.5, 0.6) is 11.5 Å². The third-order valence-electron chi connectivity index (χ3n) is 2.27. The second-order valence-electron chi connectivity index (χ2n) is 3.45. The maximum Gasteiger partial charge on any atom is 0.162 e. The van der Waals surface area contributed by atoms with E-state index in [1.54, 1.807) is 18.2 Å². The standard InChI is InChI=1S/C11H12O4/c1-7(13)8-2-3-10-11(4-8)14-6-9(5-12)15-10/h2-4,9,12H,5-6H2,1H3. The molecule has 0 spiro atoms. The van der Waals surface area contributed by atoms with E-state index in [0.717, 1.165) is 0 Å². The molecule has 0 radical (unpaired) electrons. The normalized spacial score (nSPS) is 18.7. The van der Waals surface area contributed by atoms with Crippen LogP contribution >= 0.6 is 0 Å². The summed E-state index contributed by atoms with van der Waals surface area (Å²) in [6.45, 7) is 1.74. The van der Waals surface area contributed by atoms with Gasteiger partial charge in [-0.15, -0.1) is 0 Å². The lowest BCUT2D eigenvalue weighted by Crippen LogP contribution is -2.32. The van der Waals surface area contributed by atoms with E-state index in [1.165, 1.54) is 6.92 Å². The molecule has 4 heteroatoms. The highest BCUT2D eigenvalue weighted by Gasteiger charge is 2.20. The predicted molar refractivity (Wildman–Crippen MR) is 53.4 cm³/mol. The van der Waals surface area contributed by atoms with Gasteiger partial charge >= 0.3 is 0 Å². The largest absolute Gasteiger partial charge is 0.486 e. The van der Waals surface area contributed by atoms with Gasteiger partial charge in [0.15, 0.2) is 23.4 Å². The molecule has 0 aromatic heterocycles. The van der Waals surface area contributed by atoms with Crippen molar-refractivity contribution in [2.75, 3.05) is 13.2 Å². The van der Waals surface area contributed by atoms with Crippen LogP contribution < -0.4 is 9.47 Å². The molecule has 80 valence electrons. The number of fused-ring (bicyclic) bond motifs is 1. The van der Waals surface area contributed by atoms with Crippen LogP contribution in [0.4, 0.5) is 0 Å². The predicted octanol–water partition coefficient (Wildman–Crippen LogP) is 1.02. The summed E-state index contributed by atoms with van der Waals surface area (Å²) in [4.78, 5) is 11.1. The topological polar surface area (TPSA) is 55.8 Å². The van der Waals surface area contributed by atoms with E-state index in [2.05, 4.69) is 0 Å². The summed E-state index contributed by atoms with van der Waals surface area (Å²) in [6, 6.07) is 5.03. The van der Waals surface area contributed by atoms with E-state index in [4.69, 9.17) is 14.6 Å². The van der Waals surface area contributed by atoms with Crippen molar-refractivity contribution in [3.8, 4) is 11.5 Å². The summed E-state index contributed by atoms with van der Waals surface area (Å²) in [5.74, 6) is 1.13. The summed E-state index contributed by atoms with van der Waals surface area (Å²) >= 11 is 0. The zero-order valence-corrected chi connectivity index (χ0v) is 8.40. The fourth-order valence-corrected chi connectivity index (χ4v) is 1.42. The molecule has 1 aromatic carbocycles. The number of hydrogen-bond donors (Lipinski definition) is 1. The van der Waals surface area contributed by atoms with E-state index in [0.29, 0.717) is 23.7 Å². The second kappa shape index (κ2) is 3.90. The molecule has 1 unspecified atom stereocenters. The van der Waals surface area contributed by atoms with E-state index in [-0.39, 0.29) is 18.5 Å². The van der Waals surface area contributed by atoms with Gasteiger partial charge in [-0.3, -0.25) is 4.79 Å². The third-order valence-corrected chi connectivity index (χ3v) is 2.27. The Morgan fingerprint density at radius 3 is 3.00 bits per heavy atom. The summed E-state index contributed by atoms with van der Waals surface area (Å²) in [5, 5.41) is 8.90. The van der Waals surface area contributed by atoms with Crippen molar-refractivity contribution in [3.05, 3.63) is 23.8 Å². The Hall–Kier alpha value is -1.55. The van der Waals surface area contributed by atoms with Gasteiger partial charge in [-0.05, 0) is 25.1 Å². The van der Waals surface area contributed by atoms with Crippen LogP contribution in [0, 0.1) is 0 Å². The summed E-state index contributed by atoms with van der Waals surface area (Å²) in [7, 11) is 0. The lowest BCUT2D eigenvalue weighted by atomic mass is 10.1. The Kier molecular flexibility index (Phi) is 2.60. The highest BCUT2D eigenvalue weighted by Crippen LogP contribution is 2.32. The van der Waals surface area contributed by atoms with E-state index in [1.807, 2.05) is 0 Å². The van der Waals surface area contributed by atoms with Crippen molar-refractivity contribution in [1.29, 1.82) is 0 Å². The van der Waals surface area contributed by atoms with Crippen LogP contribution in [0.25, 0.3) is 0 Å². The lowest BCUT2D eigenvalue weighted by Gasteiger charge is -2.25. The van der Waals surface area contributed by atoms with Crippen LogP contribution in [-0.2, 0) is 0 Å². The minimum absolute atomic E-state index is 0.00863. The molecule has 15 heavy (non-hydrogen) atoms. The quantitative estimate of drug-likeness (QED) is 0.737. The molecule has 1 heterocycles. The van der Waals surface area contributed by atoms with Crippen LogP contribution in [0.1, 0.15) is 17.3 Å². The number of aliphatic hydroxyl groups excluding tert-OH is 1. The average molecular weight is 208 g/mol. The first-order valence-electron chi connectivity index (χ1n) is 4.76. The molecule has 0 bridgehead atoms. The Morgan fingerprint density at radius 2 is 2.33 bits per heavy atom. The maximum absolute atomic E-state index is 11.1. The third kappa shape index (κ3) is 1.94. The fourth-order valence-electron chi connectivity index (χ4n) is 1.42. The van der Waals surface area contributed by atoms with Crippen LogP contribution in [-0.4, -0.2) is 30.2 Å². The minimum atomic E-state index is -0.319. The van der Waals surface area contributed by atoms with E-state index >= 15 is 0 Å². The van der Waals surface area contributed by atoms with Crippen LogP contribution in [0.3, 0.4) is 0 Å². The number of Topliss-reactive ketones (excluding diaryl/α,β-unsaturated/α-hetero) is 1. The van der Waals surface area contributed by atoms with Crippen LogP contribution in [0.15, 0.2) is 18.2 Å². The number of carbonyl (C=O) groups excluding carboxylic acids is 1. The zero-order valence-electron chi connectivity index (χ0n) is 8.40. The molecule has 2 rings (SSSR count).